The second-order valence-corrected chi connectivity index (χ2v) is 6.22. The molecule has 0 bridgehead atoms. The van der Waals surface area contributed by atoms with Crippen molar-refractivity contribution in [2.75, 3.05) is 0 Å². The summed E-state index contributed by atoms with van der Waals surface area (Å²) in [5, 5.41) is 23.2. The molecule has 3 N–H and O–H groups in total. The Morgan fingerprint density at radius 1 is 1.26 bits per heavy atom. The van der Waals surface area contributed by atoms with Crippen molar-refractivity contribution in [2.24, 2.45) is 0 Å². The van der Waals surface area contributed by atoms with Gasteiger partial charge in [-0.2, -0.15) is 0 Å². The number of amides is 1. The van der Waals surface area contributed by atoms with Gasteiger partial charge in [-0.25, -0.2) is 4.98 Å². The summed E-state index contributed by atoms with van der Waals surface area (Å²) < 4.78 is 6.08. The number of aromatic nitrogens is 1. The van der Waals surface area contributed by atoms with Crippen molar-refractivity contribution in [2.45, 2.75) is 25.2 Å². The number of thiazole rings is 1. The van der Waals surface area contributed by atoms with Crippen LogP contribution in [0.25, 0.3) is 10.2 Å². The molecule has 23 heavy (non-hydrogen) atoms. The van der Waals surface area contributed by atoms with E-state index in [0.717, 1.165) is 10.2 Å². The van der Waals surface area contributed by atoms with E-state index in [9.17, 15) is 15.0 Å². The van der Waals surface area contributed by atoms with Gasteiger partial charge < -0.3 is 19.9 Å². The number of fused-ring (bicyclic) bond motifs is 1. The zero-order valence-electron chi connectivity index (χ0n) is 12.3. The maximum atomic E-state index is 12.1. The Hall–Kier alpha value is -2.22. The Morgan fingerprint density at radius 3 is 2.74 bits per heavy atom. The number of carbonyl (C=O) groups is 1. The number of carbonyl (C=O) groups excluding carboxylic acids is 1. The van der Waals surface area contributed by atoms with Gasteiger partial charge in [0.05, 0.1) is 22.5 Å². The van der Waals surface area contributed by atoms with Crippen LogP contribution in [0.4, 0.5) is 0 Å². The highest BCUT2D eigenvalue weighted by molar-refractivity contribution is 7.18. The zero-order valence-corrected chi connectivity index (χ0v) is 13.2. The molecule has 1 amide bonds. The SMILES string of the molecule is CC(NC(=O)C(O)C(O)c1nc2ccccc2s1)c1ccco1. The zero-order chi connectivity index (χ0) is 16.4. The molecule has 3 aromatic rings. The third-order valence-corrected chi connectivity index (χ3v) is 4.57. The molecule has 1 aromatic carbocycles. The molecular weight excluding hydrogens is 316 g/mol. The summed E-state index contributed by atoms with van der Waals surface area (Å²) in [6, 6.07) is 10.4. The molecule has 3 atom stereocenters. The van der Waals surface area contributed by atoms with Gasteiger partial charge in [-0.3, -0.25) is 4.79 Å². The van der Waals surface area contributed by atoms with Crippen LogP contribution in [0.2, 0.25) is 0 Å². The fourth-order valence-corrected chi connectivity index (χ4v) is 3.19. The smallest absolute Gasteiger partial charge is 0.252 e. The normalized spacial score (nSPS) is 15.3. The molecule has 0 aliphatic rings. The van der Waals surface area contributed by atoms with Gasteiger partial charge in [-0.05, 0) is 31.2 Å². The van der Waals surface area contributed by atoms with Crippen LogP contribution in [0, 0.1) is 0 Å². The summed E-state index contributed by atoms with van der Waals surface area (Å²) >= 11 is 1.25. The number of aliphatic hydroxyl groups is 2. The van der Waals surface area contributed by atoms with Crippen molar-refractivity contribution < 1.29 is 19.4 Å². The van der Waals surface area contributed by atoms with Gasteiger partial charge >= 0.3 is 0 Å². The summed E-state index contributed by atoms with van der Waals surface area (Å²) in [6.07, 6.45) is -1.48. The third-order valence-electron chi connectivity index (χ3n) is 3.46. The lowest BCUT2D eigenvalue weighted by molar-refractivity contribution is -0.136. The van der Waals surface area contributed by atoms with Gasteiger partial charge in [0.15, 0.2) is 6.10 Å². The van der Waals surface area contributed by atoms with Gasteiger partial charge in [0.25, 0.3) is 5.91 Å². The summed E-state index contributed by atoms with van der Waals surface area (Å²) in [6.45, 7) is 1.73. The van der Waals surface area contributed by atoms with Crippen LogP contribution in [-0.2, 0) is 4.79 Å². The first-order valence-electron chi connectivity index (χ1n) is 7.11. The van der Waals surface area contributed by atoms with Crippen molar-refractivity contribution in [3.05, 3.63) is 53.4 Å². The van der Waals surface area contributed by atoms with E-state index in [-0.39, 0.29) is 0 Å². The fraction of sp³-hybridized carbons (Fsp3) is 0.250. The van der Waals surface area contributed by atoms with E-state index in [1.165, 1.54) is 17.6 Å². The third kappa shape index (κ3) is 3.26. The minimum Gasteiger partial charge on any atom is -0.467 e. The lowest BCUT2D eigenvalue weighted by atomic mass is 10.1. The van der Waals surface area contributed by atoms with Crippen LogP contribution in [0.3, 0.4) is 0 Å². The number of nitrogens with zero attached hydrogens (tertiary/aromatic N) is 1. The van der Waals surface area contributed by atoms with E-state index in [2.05, 4.69) is 10.3 Å². The summed E-state index contributed by atoms with van der Waals surface area (Å²) in [5.41, 5.74) is 0.725. The number of para-hydroxylation sites is 1. The lowest BCUT2D eigenvalue weighted by Gasteiger charge is -2.18. The van der Waals surface area contributed by atoms with Crippen LogP contribution < -0.4 is 5.32 Å². The topological polar surface area (TPSA) is 95.6 Å². The van der Waals surface area contributed by atoms with Crippen molar-refractivity contribution in [1.82, 2.24) is 10.3 Å². The first-order valence-corrected chi connectivity index (χ1v) is 7.93. The molecule has 7 heteroatoms. The van der Waals surface area contributed by atoms with Crippen LogP contribution >= 0.6 is 11.3 Å². The van der Waals surface area contributed by atoms with E-state index in [1.54, 1.807) is 19.1 Å². The lowest BCUT2D eigenvalue weighted by Crippen LogP contribution is -2.39. The number of aliphatic hydroxyl groups excluding tert-OH is 2. The van der Waals surface area contributed by atoms with Gasteiger partial charge in [-0.15, -0.1) is 11.3 Å². The van der Waals surface area contributed by atoms with Gasteiger partial charge in [0, 0.05) is 0 Å². The van der Waals surface area contributed by atoms with Crippen molar-refractivity contribution >= 4 is 27.5 Å². The number of benzene rings is 1. The Bertz CT molecular complexity index is 766. The van der Waals surface area contributed by atoms with E-state index < -0.39 is 24.2 Å². The van der Waals surface area contributed by atoms with Crippen LogP contribution in [0.5, 0.6) is 0 Å². The molecule has 3 rings (SSSR count). The second kappa shape index (κ2) is 6.49. The minimum atomic E-state index is -1.60. The molecule has 2 heterocycles. The Kier molecular flexibility index (Phi) is 4.42. The predicted molar refractivity (Wildman–Crippen MR) is 85.9 cm³/mol. The van der Waals surface area contributed by atoms with Gasteiger partial charge in [0.1, 0.15) is 16.9 Å². The average molecular weight is 332 g/mol. The second-order valence-electron chi connectivity index (χ2n) is 5.16. The van der Waals surface area contributed by atoms with Crippen LogP contribution in [0.15, 0.2) is 47.1 Å². The standard InChI is InChI=1S/C16H16N2O4S/c1-9(11-6-4-8-22-11)17-15(21)13(19)14(20)16-18-10-5-2-3-7-12(10)23-16/h2-9,13-14,19-20H,1H3,(H,17,21). The first-order chi connectivity index (χ1) is 11.1. The maximum absolute atomic E-state index is 12.1. The summed E-state index contributed by atoms with van der Waals surface area (Å²) in [7, 11) is 0. The number of hydrogen-bond donors (Lipinski definition) is 3. The van der Waals surface area contributed by atoms with E-state index in [1.807, 2.05) is 24.3 Å². The van der Waals surface area contributed by atoms with Gasteiger partial charge in [0.2, 0.25) is 0 Å². The summed E-state index contributed by atoms with van der Waals surface area (Å²) in [5.74, 6) is -0.110. The minimum absolute atomic E-state index is 0.305. The quantitative estimate of drug-likeness (QED) is 0.665. The maximum Gasteiger partial charge on any atom is 0.252 e. The molecule has 0 radical (unpaired) electrons. The molecule has 3 unspecified atom stereocenters. The first kappa shape index (κ1) is 15.7. The number of hydrogen-bond acceptors (Lipinski definition) is 6. The van der Waals surface area contributed by atoms with E-state index >= 15 is 0 Å². The molecule has 0 aliphatic carbocycles. The Balaban J connectivity index is 1.71. The van der Waals surface area contributed by atoms with Crippen LogP contribution in [-0.4, -0.2) is 27.2 Å². The monoisotopic (exact) mass is 332 g/mol. The predicted octanol–water partition coefficient (Wildman–Crippen LogP) is 2.16. The fourth-order valence-electron chi connectivity index (χ4n) is 2.20. The molecule has 0 saturated heterocycles. The highest BCUT2D eigenvalue weighted by Gasteiger charge is 2.29. The molecular formula is C16H16N2O4S. The van der Waals surface area contributed by atoms with Crippen molar-refractivity contribution in [3.8, 4) is 0 Å². The molecule has 0 spiro atoms. The molecule has 2 aromatic heterocycles. The molecule has 0 fully saturated rings. The summed E-state index contributed by atoms with van der Waals surface area (Å²) in [4.78, 5) is 16.3. The molecule has 120 valence electrons. The van der Waals surface area contributed by atoms with Crippen molar-refractivity contribution in [3.63, 3.8) is 0 Å². The Labute approximate surface area is 136 Å². The molecule has 0 aliphatic heterocycles. The van der Waals surface area contributed by atoms with Crippen molar-refractivity contribution in [1.29, 1.82) is 0 Å². The average Bonchev–Trinajstić information content (AvgIpc) is 3.22. The molecule has 0 saturated carbocycles. The van der Waals surface area contributed by atoms with Crippen LogP contribution in [0.1, 0.15) is 29.8 Å². The molecule has 6 nitrogen and oxygen atoms in total. The number of rotatable bonds is 5. The van der Waals surface area contributed by atoms with Gasteiger partial charge in [-0.1, -0.05) is 12.1 Å². The highest BCUT2D eigenvalue weighted by atomic mass is 32.1. The largest absolute Gasteiger partial charge is 0.467 e. The number of furan rings is 1. The Morgan fingerprint density at radius 2 is 2.04 bits per heavy atom. The van der Waals surface area contributed by atoms with E-state index in [4.69, 9.17) is 4.42 Å². The van der Waals surface area contributed by atoms with E-state index in [0.29, 0.717) is 10.8 Å². The number of nitrogens with one attached hydrogen (secondary N) is 1. The highest BCUT2D eigenvalue weighted by Crippen LogP contribution is 2.28.